The number of benzene rings is 5. The van der Waals surface area contributed by atoms with Crippen molar-refractivity contribution in [2.75, 3.05) is 0 Å². The Morgan fingerprint density at radius 2 is 1.43 bits per heavy atom. The summed E-state index contributed by atoms with van der Waals surface area (Å²) < 4.78 is 82.5. The first-order valence-corrected chi connectivity index (χ1v) is 25.1. The minimum absolute atomic E-state index is 0. The Labute approximate surface area is 344 Å². The van der Waals surface area contributed by atoms with Crippen molar-refractivity contribution in [3.05, 3.63) is 151 Å². The first-order chi connectivity index (χ1) is 28.8. The van der Waals surface area contributed by atoms with Crippen molar-refractivity contribution in [3.63, 3.8) is 0 Å². The summed E-state index contributed by atoms with van der Waals surface area (Å²) >= 11 is 0.0250. The number of hydrogen-bond donors (Lipinski definition) is 0. The van der Waals surface area contributed by atoms with Gasteiger partial charge >= 0.3 is 143 Å². The molecule has 0 saturated heterocycles. The Morgan fingerprint density at radius 1 is 0.679 bits per heavy atom. The summed E-state index contributed by atoms with van der Waals surface area (Å²) in [6.07, 6.45) is 3.29. The molecule has 0 N–H and O–H groups in total. The first-order valence-electron chi connectivity index (χ1n) is 21.5. The van der Waals surface area contributed by atoms with E-state index in [1.165, 1.54) is 36.8 Å². The third-order valence-corrected chi connectivity index (χ3v) is 14.7. The topological polar surface area (TPSA) is 38.9 Å². The summed E-state index contributed by atoms with van der Waals surface area (Å²) in [4.78, 5) is 9.07. The molecule has 1 radical (unpaired) electrons. The molecule has 5 aromatic carbocycles. The van der Waals surface area contributed by atoms with Crippen LogP contribution in [0.2, 0.25) is 17.3 Å². The smallest absolute Gasteiger partial charge is 0 e. The maximum Gasteiger partial charge on any atom is 0 e. The zero-order chi connectivity index (χ0) is 43.5. The van der Waals surface area contributed by atoms with Gasteiger partial charge in [-0.3, -0.25) is 0 Å². The van der Waals surface area contributed by atoms with E-state index in [1.807, 2.05) is 72.0 Å². The second kappa shape index (κ2) is 14.8. The SMILES string of the molecule is [2H]C([2H])([2H])C(c1ccnc(-c2[c-]ccc3c2oc2cc(-c4ccccc4)ccc23)c1)(C([2H])([2H])[2H])C([2H])([2H])[2H].[CH3][Ge]([CH3])([CH3])[c]1ccc(-c2[c-]ccc3c2sc2ccccc23)nc1.[Ir]. The van der Waals surface area contributed by atoms with Crippen molar-refractivity contribution >= 4 is 71.1 Å². The maximum absolute atomic E-state index is 8.02. The van der Waals surface area contributed by atoms with Gasteiger partial charge in [0.1, 0.15) is 5.58 Å². The van der Waals surface area contributed by atoms with Gasteiger partial charge in [0.15, 0.2) is 0 Å². The molecule has 6 heteroatoms. The van der Waals surface area contributed by atoms with Crippen LogP contribution in [0.25, 0.3) is 75.8 Å². The molecule has 53 heavy (non-hydrogen) atoms. The average molecular weight is 955 g/mol. The van der Waals surface area contributed by atoms with Gasteiger partial charge in [-0.25, -0.2) is 0 Å². The number of hydrogen-bond acceptors (Lipinski definition) is 4. The third kappa shape index (κ3) is 7.41. The van der Waals surface area contributed by atoms with E-state index in [1.54, 1.807) is 6.07 Å². The van der Waals surface area contributed by atoms with E-state index in [2.05, 4.69) is 83.0 Å². The zero-order valence-electron chi connectivity index (χ0n) is 38.2. The number of nitrogens with zero attached hydrogens (tertiary/aromatic N) is 2. The van der Waals surface area contributed by atoms with Gasteiger partial charge in [0.05, 0.1) is 5.58 Å². The van der Waals surface area contributed by atoms with Crippen LogP contribution in [0.3, 0.4) is 0 Å². The van der Waals surface area contributed by atoms with Gasteiger partial charge in [-0.1, -0.05) is 80.0 Å². The molecule has 0 bridgehead atoms. The van der Waals surface area contributed by atoms with E-state index in [4.69, 9.17) is 21.7 Å². The minimum Gasteiger partial charge on any atom is 0 e. The van der Waals surface area contributed by atoms with Crippen LogP contribution in [0, 0.1) is 12.1 Å². The quantitative estimate of drug-likeness (QED) is 0.130. The standard InChI is InChI=1S/C27H22NO.C20H18GeNS.Ir/c1-27(2,3)20-14-15-28-24(17-20)23-11-7-10-22-21-13-12-19(16-25(21)29-26(22)23)18-8-5-4-6-9-18;1-21(2,3)14-11-12-18(22-13-14)17-9-6-8-16-15-7-4-5-10-19(15)23-20(16)17;/h4-10,12-17H,1-3H3;4-8,10-13H,1-3H3;/q2*-1;/i1D3,2D3,3D3;;. The van der Waals surface area contributed by atoms with E-state index in [9.17, 15) is 0 Å². The molecule has 3 nitrogen and oxygen atoms in total. The molecular weight excluding hydrogens is 905 g/mol. The van der Waals surface area contributed by atoms with Gasteiger partial charge in [-0.15, -0.1) is 18.2 Å². The van der Waals surface area contributed by atoms with Crippen LogP contribution in [0.15, 0.2) is 138 Å². The Balaban J connectivity index is 0.000000205. The van der Waals surface area contributed by atoms with Gasteiger partial charge in [0.25, 0.3) is 0 Å². The summed E-state index contributed by atoms with van der Waals surface area (Å²) in [5.74, 6) is 7.20. The van der Waals surface area contributed by atoms with E-state index in [0.29, 0.717) is 16.7 Å². The Hall–Kier alpha value is -4.39. The van der Waals surface area contributed by atoms with E-state index in [0.717, 1.165) is 39.2 Å². The molecule has 9 rings (SSSR count). The van der Waals surface area contributed by atoms with E-state index < -0.39 is 39.2 Å². The van der Waals surface area contributed by atoms with Crippen LogP contribution in [-0.4, -0.2) is 23.2 Å². The predicted molar refractivity (Wildman–Crippen MR) is 224 cm³/mol. The molecule has 0 aliphatic carbocycles. The number of furan rings is 1. The van der Waals surface area contributed by atoms with Gasteiger partial charge in [0, 0.05) is 44.0 Å². The summed E-state index contributed by atoms with van der Waals surface area (Å²) in [6.45, 7) is -10.1. The second-order valence-electron chi connectivity index (χ2n) is 13.8. The largest absolute Gasteiger partial charge is 0 e. The Morgan fingerprint density at radius 3 is 2.19 bits per heavy atom. The molecule has 0 spiro atoms. The molecule has 9 aromatic rings. The van der Waals surface area contributed by atoms with Gasteiger partial charge in [0.2, 0.25) is 0 Å². The summed E-state index contributed by atoms with van der Waals surface area (Å²) in [6, 6.07) is 45.2. The third-order valence-electron chi connectivity index (χ3n) is 9.21. The van der Waals surface area contributed by atoms with Crippen molar-refractivity contribution in [1.82, 2.24) is 9.97 Å². The summed E-state index contributed by atoms with van der Waals surface area (Å²) in [5, 5.41) is 4.23. The summed E-state index contributed by atoms with van der Waals surface area (Å²) in [7, 11) is 0. The molecule has 4 heterocycles. The number of rotatable bonds is 4. The molecule has 0 fully saturated rings. The fourth-order valence-corrected chi connectivity index (χ4v) is 9.79. The fourth-order valence-electron chi connectivity index (χ4n) is 6.41. The molecule has 0 aliphatic rings. The molecule has 0 aliphatic heterocycles. The van der Waals surface area contributed by atoms with Gasteiger partial charge in [-0.2, -0.15) is 0 Å². The van der Waals surface area contributed by atoms with Crippen LogP contribution in [0.5, 0.6) is 0 Å². The number of pyridine rings is 2. The maximum atomic E-state index is 8.02. The number of aromatic nitrogens is 2. The van der Waals surface area contributed by atoms with Crippen molar-refractivity contribution in [2.45, 2.75) is 43.2 Å². The van der Waals surface area contributed by atoms with Crippen LogP contribution >= 0.6 is 11.3 Å². The van der Waals surface area contributed by atoms with Crippen LogP contribution in [-0.2, 0) is 25.5 Å². The molecule has 0 saturated carbocycles. The molecular formula is C47H40GeIrN2OS-2. The molecule has 4 aromatic heterocycles. The van der Waals surface area contributed by atoms with Crippen LogP contribution < -0.4 is 4.40 Å². The molecule has 0 amide bonds. The summed E-state index contributed by atoms with van der Waals surface area (Å²) in [5.41, 5.74) is 2.16. The van der Waals surface area contributed by atoms with Crippen molar-refractivity contribution in [1.29, 1.82) is 0 Å². The van der Waals surface area contributed by atoms with Crippen molar-refractivity contribution < 1.29 is 36.9 Å². The normalized spacial score (nSPS) is 15.0. The molecule has 0 atom stereocenters. The van der Waals surface area contributed by atoms with Gasteiger partial charge in [-0.05, 0) is 39.9 Å². The average Bonchev–Trinajstić information content (AvgIpc) is 3.78. The van der Waals surface area contributed by atoms with Gasteiger partial charge < -0.3 is 9.40 Å². The zero-order valence-corrected chi connectivity index (χ0v) is 34.6. The number of fused-ring (bicyclic) bond motifs is 6. The molecule has 265 valence electrons. The van der Waals surface area contributed by atoms with Crippen molar-refractivity contribution in [2.24, 2.45) is 0 Å². The number of thiophene rings is 1. The Kier molecular flexibility index (Phi) is 7.60. The molecule has 0 unspecified atom stereocenters. The predicted octanol–water partition coefficient (Wildman–Crippen LogP) is 12.9. The fraction of sp³-hybridized carbons (Fsp3) is 0.149. The van der Waals surface area contributed by atoms with E-state index >= 15 is 0 Å². The van der Waals surface area contributed by atoms with Crippen LogP contribution in [0.1, 0.15) is 38.5 Å². The van der Waals surface area contributed by atoms with Crippen LogP contribution in [0.4, 0.5) is 0 Å². The monoisotopic (exact) mass is 956 g/mol. The minimum atomic E-state index is -3.37. The second-order valence-corrected chi connectivity index (χ2v) is 25.5. The van der Waals surface area contributed by atoms with E-state index in [-0.39, 0.29) is 31.4 Å². The first kappa shape index (κ1) is 27.2. The Bertz CT molecular complexity index is 3010. The van der Waals surface area contributed by atoms with Crippen molar-refractivity contribution in [3.8, 4) is 33.6 Å².